The summed E-state index contributed by atoms with van der Waals surface area (Å²) < 4.78 is 2.96. The van der Waals surface area contributed by atoms with Gasteiger partial charge in [0.25, 0.3) is 0 Å². The molecule has 2 amide bonds. The van der Waals surface area contributed by atoms with E-state index in [0.29, 0.717) is 18.3 Å². The van der Waals surface area contributed by atoms with Crippen LogP contribution in [0.4, 0.5) is 16.3 Å². The number of hydrogen-bond donors (Lipinski definition) is 2. The van der Waals surface area contributed by atoms with Crippen LogP contribution in [0.25, 0.3) is 15.8 Å². The molecule has 0 atom stereocenters. The summed E-state index contributed by atoms with van der Waals surface area (Å²) in [5, 5.41) is 14.1. The van der Waals surface area contributed by atoms with Gasteiger partial charge in [-0.3, -0.25) is 15.0 Å². The number of carbonyl (C=O) groups excluding carboxylic acids is 2. The number of thiophene rings is 1. The standard InChI is InChI=1S/C37H41N5O2S/c1-25-13-15-28(16-14-25)42-35(22-34(40-42)37(2,3)4)39-36(44)38-31-11-7-5-9-27(31)21-26-17-19-41(20-18-26)23-32(43)30-24-45-33-12-8-6-10-29(30)33/h5-16,22,24,26H,17-21,23H2,1-4H3,(H2,38,39,44). The molecule has 0 unspecified atom stereocenters. The van der Waals surface area contributed by atoms with Crippen molar-refractivity contribution >= 4 is 44.7 Å². The number of rotatable bonds is 8. The number of aryl methyl sites for hydroxylation is 1. The quantitative estimate of drug-likeness (QED) is 0.171. The highest BCUT2D eigenvalue weighted by Gasteiger charge is 2.24. The molecule has 0 bridgehead atoms. The zero-order valence-corrected chi connectivity index (χ0v) is 27.3. The minimum Gasteiger partial charge on any atom is -0.307 e. The van der Waals surface area contributed by atoms with Crippen LogP contribution in [0.2, 0.25) is 0 Å². The summed E-state index contributed by atoms with van der Waals surface area (Å²) in [5.74, 6) is 1.31. The fourth-order valence-electron chi connectivity index (χ4n) is 5.95. The number of Topliss-reactive ketones (excluding diaryl/α,β-unsaturated/α-hetero) is 1. The van der Waals surface area contributed by atoms with Crippen LogP contribution in [-0.4, -0.2) is 46.1 Å². The zero-order chi connectivity index (χ0) is 31.6. The molecule has 2 N–H and O–H groups in total. The van der Waals surface area contributed by atoms with E-state index in [1.54, 1.807) is 16.0 Å². The summed E-state index contributed by atoms with van der Waals surface area (Å²) in [7, 11) is 0. The maximum Gasteiger partial charge on any atom is 0.324 e. The molecule has 7 nitrogen and oxygen atoms in total. The molecule has 1 aliphatic rings. The summed E-state index contributed by atoms with van der Waals surface area (Å²) in [5.41, 5.74) is 5.56. The van der Waals surface area contributed by atoms with Gasteiger partial charge >= 0.3 is 6.03 Å². The van der Waals surface area contributed by atoms with Crippen molar-refractivity contribution < 1.29 is 9.59 Å². The SMILES string of the molecule is Cc1ccc(-n2nc(C(C)(C)C)cc2NC(=O)Nc2ccccc2CC2CCN(CC(=O)c3csc4ccccc34)CC2)cc1. The second-order valence-corrected chi connectivity index (χ2v) is 14.1. The number of carbonyl (C=O) groups is 2. The predicted octanol–water partition coefficient (Wildman–Crippen LogP) is 8.47. The summed E-state index contributed by atoms with van der Waals surface area (Å²) in [6, 6.07) is 25.9. The Morgan fingerprint density at radius 1 is 0.933 bits per heavy atom. The molecule has 1 aliphatic heterocycles. The molecule has 5 aromatic rings. The Hall–Kier alpha value is -4.27. The van der Waals surface area contributed by atoms with Gasteiger partial charge in [0.05, 0.1) is 17.9 Å². The third kappa shape index (κ3) is 7.18. The van der Waals surface area contributed by atoms with Crippen LogP contribution in [0.3, 0.4) is 0 Å². The molecule has 0 radical (unpaired) electrons. The van der Waals surface area contributed by atoms with Crippen molar-refractivity contribution in [1.82, 2.24) is 14.7 Å². The summed E-state index contributed by atoms with van der Waals surface area (Å²) in [4.78, 5) is 28.7. The highest BCUT2D eigenvalue weighted by Crippen LogP contribution is 2.30. The Balaban J connectivity index is 1.08. The van der Waals surface area contributed by atoms with Crippen molar-refractivity contribution in [3.05, 3.63) is 107 Å². The van der Waals surface area contributed by atoms with E-state index >= 15 is 0 Å². The average molecular weight is 620 g/mol. The minimum absolute atomic E-state index is 0.170. The lowest BCUT2D eigenvalue weighted by Gasteiger charge is -2.31. The lowest BCUT2D eigenvalue weighted by molar-refractivity contribution is 0.0897. The fraction of sp³-hybridized carbons (Fsp3) is 0.324. The van der Waals surface area contributed by atoms with Crippen molar-refractivity contribution in [2.75, 3.05) is 30.3 Å². The van der Waals surface area contributed by atoms with E-state index in [4.69, 9.17) is 5.10 Å². The van der Waals surface area contributed by atoms with Gasteiger partial charge in [0, 0.05) is 38.2 Å². The first kappa shape index (κ1) is 30.7. The number of benzene rings is 3. The number of hydrogen-bond acceptors (Lipinski definition) is 5. The molecule has 8 heteroatoms. The highest BCUT2D eigenvalue weighted by atomic mass is 32.1. The normalized spacial score (nSPS) is 14.5. The number of aromatic nitrogens is 2. The predicted molar refractivity (Wildman–Crippen MR) is 185 cm³/mol. The molecule has 2 aromatic heterocycles. The number of para-hydroxylation sites is 1. The molecule has 0 saturated carbocycles. The molecule has 1 saturated heterocycles. The Kier molecular flexibility index (Phi) is 8.88. The number of amides is 2. The second kappa shape index (κ2) is 13.0. The molecule has 0 spiro atoms. The van der Waals surface area contributed by atoms with Gasteiger partial charge in [-0.15, -0.1) is 11.3 Å². The van der Waals surface area contributed by atoms with Crippen molar-refractivity contribution in [3.8, 4) is 5.69 Å². The Bertz CT molecular complexity index is 1810. The number of nitrogens with one attached hydrogen (secondary N) is 2. The first-order valence-corrected chi connectivity index (χ1v) is 16.6. The van der Waals surface area contributed by atoms with Crippen LogP contribution < -0.4 is 10.6 Å². The maximum absolute atomic E-state index is 13.3. The molecular weight excluding hydrogens is 579 g/mol. The number of anilines is 2. The van der Waals surface area contributed by atoms with E-state index in [9.17, 15) is 9.59 Å². The minimum atomic E-state index is -0.301. The average Bonchev–Trinajstić information content (AvgIpc) is 3.64. The molecule has 1 fully saturated rings. The zero-order valence-electron chi connectivity index (χ0n) is 26.5. The maximum atomic E-state index is 13.3. The van der Waals surface area contributed by atoms with Crippen LogP contribution in [-0.2, 0) is 11.8 Å². The molecule has 0 aliphatic carbocycles. The van der Waals surface area contributed by atoms with Crippen LogP contribution in [0.5, 0.6) is 0 Å². The van der Waals surface area contributed by atoms with Crippen LogP contribution in [0.15, 0.2) is 84.2 Å². The van der Waals surface area contributed by atoms with Crippen molar-refractivity contribution in [3.63, 3.8) is 0 Å². The summed E-state index contributed by atoms with van der Waals surface area (Å²) >= 11 is 1.64. The van der Waals surface area contributed by atoms with Gasteiger partial charge in [-0.1, -0.05) is 74.9 Å². The number of urea groups is 1. The van der Waals surface area contributed by atoms with E-state index in [1.807, 2.05) is 72.1 Å². The smallest absolute Gasteiger partial charge is 0.307 e. The lowest BCUT2D eigenvalue weighted by Crippen LogP contribution is -2.37. The van der Waals surface area contributed by atoms with E-state index < -0.39 is 0 Å². The largest absolute Gasteiger partial charge is 0.324 e. The molecule has 45 heavy (non-hydrogen) atoms. The van der Waals surface area contributed by atoms with Crippen molar-refractivity contribution in [2.24, 2.45) is 5.92 Å². The Labute approximate surface area is 269 Å². The second-order valence-electron chi connectivity index (χ2n) is 13.1. The van der Waals surface area contributed by atoms with Gasteiger partial charge in [0.2, 0.25) is 0 Å². The van der Waals surface area contributed by atoms with Gasteiger partial charge in [-0.25, -0.2) is 9.48 Å². The number of piperidine rings is 1. The molecule has 232 valence electrons. The third-order valence-corrected chi connectivity index (χ3v) is 9.59. The Morgan fingerprint density at radius 3 is 2.40 bits per heavy atom. The molecule has 3 heterocycles. The highest BCUT2D eigenvalue weighted by molar-refractivity contribution is 7.17. The van der Waals surface area contributed by atoms with Crippen LogP contribution in [0, 0.1) is 12.8 Å². The van der Waals surface area contributed by atoms with Crippen molar-refractivity contribution in [2.45, 2.75) is 52.4 Å². The van der Waals surface area contributed by atoms with Gasteiger partial charge in [-0.2, -0.15) is 5.10 Å². The van der Waals surface area contributed by atoms with Gasteiger partial charge in [0.1, 0.15) is 5.82 Å². The first-order chi connectivity index (χ1) is 21.6. The number of likely N-dealkylation sites (tertiary alicyclic amines) is 1. The molecular formula is C37H41N5O2S. The van der Waals surface area contributed by atoms with E-state index in [0.717, 1.165) is 76.2 Å². The molecule has 3 aromatic carbocycles. The van der Waals surface area contributed by atoms with Crippen molar-refractivity contribution in [1.29, 1.82) is 0 Å². The lowest BCUT2D eigenvalue weighted by atomic mass is 9.89. The summed E-state index contributed by atoms with van der Waals surface area (Å²) in [6.45, 7) is 10.6. The topological polar surface area (TPSA) is 79.3 Å². The fourth-order valence-corrected chi connectivity index (χ4v) is 6.92. The molecule has 6 rings (SSSR count). The number of ketones is 1. The summed E-state index contributed by atoms with van der Waals surface area (Å²) in [6.07, 6.45) is 2.91. The van der Waals surface area contributed by atoms with E-state index in [-0.39, 0.29) is 17.2 Å². The van der Waals surface area contributed by atoms with Gasteiger partial charge < -0.3 is 5.32 Å². The number of nitrogens with zero attached hydrogens (tertiary/aromatic N) is 3. The van der Waals surface area contributed by atoms with Gasteiger partial charge in [-0.05, 0) is 75.0 Å². The first-order valence-electron chi connectivity index (χ1n) is 15.7. The van der Waals surface area contributed by atoms with E-state index in [1.165, 1.54) is 0 Å². The monoisotopic (exact) mass is 619 g/mol. The Morgan fingerprint density at radius 2 is 1.64 bits per heavy atom. The van der Waals surface area contributed by atoms with Crippen LogP contribution in [0.1, 0.15) is 60.8 Å². The van der Waals surface area contributed by atoms with E-state index in [2.05, 4.69) is 55.4 Å². The van der Waals surface area contributed by atoms with Crippen LogP contribution >= 0.6 is 11.3 Å². The third-order valence-electron chi connectivity index (χ3n) is 8.63. The number of fused-ring (bicyclic) bond motifs is 1. The van der Waals surface area contributed by atoms with Gasteiger partial charge in [0.15, 0.2) is 5.78 Å².